The SMILES string of the molecule is COc1ccc(-n2c(SCCCN3C(=O)c4cccc5cccc(c45)C3=O)nnc2-c2sc3ccccc3c2Cl)cc1. The van der Waals surface area contributed by atoms with Gasteiger partial charge in [-0.1, -0.05) is 65.8 Å². The number of ether oxygens (including phenoxy) is 1. The molecule has 0 atom stereocenters. The maximum absolute atomic E-state index is 13.3. The van der Waals surface area contributed by atoms with Gasteiger partial charge >= 0.3 is 0 Å². The number of hydrogen-bond acceptors (Lipinski definition) is 7. The van der Waals surface area contributed by atoms with Crippen molar-refractivity contribution in [2.75, 3.05) is 19.4 Å². The quantitative estimate of drug-likeness (QED) is 0.0996. The Bertz CT molecular complexity index is 1950. The fourth-order valence-corrected chi connectivity index (χ4v) is 7.67. The molecular weight excluding hydrogens is 588 g/mol. The highest BCUT2D eigenvalue weighted by Crippen LogP contribution is 2.43. The van der Waals surface area contributed by atoms with Gasteiger partial charge in [0.05, 0.1) is 22.7 Å². The van der Waals surface area contributed by atoms with Gasteiger partial charge in [-0.25, -0.2) is 0 Å². The van der Waals surface area contributed by atoms with E-state index in [-0.39, 0.29) is 11.8 Å². The van der Waals surface area contributed by atoms with Crippen LogP contribution in [0.3, 0.4) is 0 Å². The highest BCUT2D eigenvalue weighted by Gasteiger charge is 2.32. The van der Waals surface area contributed by atoms with Crippen LogP contribution in [-0.4, -0.2) is 50.9 Å². The zero-order valence-electron chi connectivity index (χ0n) is 22.4. The number of methoxy groups -OCH3 is 1. The summed E-state index contributed by atoms with van der Waals surface area (Å²) in [5.74, 6) is 1.52. The van der Waals surface area contributed by atoms with Crippen molar-refractivity contribution >= 4 is 67.4 Å². The van der Waals surface area contributed by atoms with Crippen LogP contribution in [0.2, 0.25) is 5.02 Å². The van der Waals surface area contributed by atoms with Crippen LogP contribution < -0.4 is 4.74 Å². The van der Waals surface area contributed by atoms with Crippen LogP contribution in [0.4, 0.5) is 0 Å². The van der Waals surface area contributed by atoms with Gasteiger partial charge in [0.15, 0.2) is 11.0 Å². The number of carbonyl (C=O) groups is 2. The summed E-state index contributed by atoms with van der Waals surface area (Å²) in [6, 6.07) is 26.9. The summed E-state index contributed by atoms with van der Waals surface area (Å²) in [4.78, 5) is 28.8. The molecule has 7 rings (SSSR count). The van der Waals surface area contributed by atoms with Crippen LogP contribution in [-0.2, 0) is 0 Å². The highest BCUT2D eigenvalue weighted by atomic mass is 35.5. The molecule has 4 aromatic carbocycles. The summed E-state index contributed by atoms with van der Waals surface area (Å²) in [6.07, 6.45) is 0.592. The molecule has 10 heteroatoms. The van der Waals surface area contributed by atoms with E-state index in [4.69, 9.17) is 16.3 Å². The molecule has 0 spiro atoms. The Morgan fingerprint density at radius 2 is 1.60 bits per heavy atom. The second-order valence-electron chi connectivity index (χ2n) is 9.75. The van der Waals surface area contributed by atoms with Crippen LogP contribution in [0, 0.1) is 0 Å². The van der Waals surface area contributed by atoms with Crippen LogP contribution in [0.1, 0.15) is 27.1 Å². The van der Waals surface area contributed by atoms with Crippen molar-refractivity contribution in [3.63, 3.8) is 0 Å². The number of thioether (sulfide) groups is 1. The lowest BCUT2D eigenvalue weighted by molar-refractivity contribution is 0.0611. The predicted molar refractivity (Wildman–Crippen MR) is 168 cm³/mol. The van der Waals surface area contributed by atoms with E-state index in [1.807, 2.05) is 77.4 Å². The van der Waals surface area contributed by atoms with Crippen LogP contribution >= 0.6 is 34.7 Å². The normalized spacial score (nSPS) is 13.0. The van der Waals surface area contributed by atoms with E-state index in [1.54, 1.807) is 30.6 Å². The second kappa shape index (κ2) is 10.9. The molecule has 1 aliphatic rings. The van der Waals surface area contributed by atoms with Gasteiger partial charge < -0.3 is 4.74 Å². The number of rotatable bonds is 8. The van der Waals surface area contributed by atoms with Crippen molar-refractivity contribution in [1.29, 1.82) is 0 Å². The van der Waals surface area contributed by atoms with Crippen molar-refractivity contribution in [2.24, 2.45) is 0 Å². The number of fused-ring (bicyclic) bond motifs is 1. The smallest absolute Gasteiger partial charge is 0.261 e. The first-order valence-electron chi connectivity index (χ1n) is 13.3. The Morgan fingerprint density at radius 1 is 0.881 bits per heavy atom. The number of aromatic nitrogens is 3. The summed E-state index contributed by atoms with van der Waals surface area (Å²) in [7, 11) is 1.63. The Hall–Kier alpha value is -4.18. The van der Waals surface area contributed by atoms with E-state index in [0.717, 1.165) is 37.2 Å². The third-order valence-corrected chi connectivity index (χ3v) is 10.0. The fraction of sp³-hybridized carbons (Fsp3) is 0.125. The number of nitrogens with zero attached hydrogens (tertiary/aromatic N) is 4. The van der Waals surface area contributed by atoms with Gasteiger partial charge in [-0.05, 0) is 54.3 Å². The van der Waals surface area contributed by atoms with Gasteiger partial charge in [0.2, 0.25) is 0 Å². The molecule has 0 unspecified atom stereocenters. The Kier molecular flexibility index (Phi) is 6.93. The molecule has 208 valence electrons. The monoisotopic (exact) mass is 610 g/mol. The van der Waals surface area contributed by atoms with Gasteiger partial charge in [-0.2, -0.15) is 0 Å². The number of thiophene rings is 1. The predicted octanol–water partition coefficient (Wildman–Crippen LogP) is 7.74. The summed E-state index contributed by atoms with van der Waals surface area (Å²) in [6.45, 7) is 0.307. The van der Waals surface area contributed by atoms with E-state index < -0.39 is 0 Å². The molecule has 6 aromatic rings. The van der Waals surface area contributed by atoms with Gasteiger partial charge in [0.1, 0.15) is 5.75 Å². The standard InChI is InChI=1S/C32H23ClN4O3S2/c1-40-21-15-13-20(14-16-21)37-29(28-27(33)22-9-2-3-12-25(22)42-28)34-35-32(37)41-18-6-17-36-30(38)23-10-4-7-19-8-5-11-24(26(19)23)31(36)39/h2-5,7-16H,6,17-18H2,1H3. The topological polar surface area (TPSA) is 77.3 Å². The third kappa shape index (κ3) is 4.45. The molecule has 2 aromatic heterocycles. The number of carbonyl (C=O) groups excluding carboxylic acids is 2. The summed E-state index contributed by atoms with van der Waals surface area (Å²) >= 11 is 9.94. The molecule has 0 saturated heterocycles. The van der Waals surface area contributed by atoms with Crippen molar-refractivity contribution in [2.45, 2.75) is 11.6 Å². The lowest BCUT2D eigenvalue weighted by Crippen LogP contribution is -2.41. The maximum Gasteiger partial charge on any atom is 0.261 e. The third-order valence-electron chi connectivity index (χ3n) is 7.32. The number of halogens is 1. The first-order chi connectivity index (χ1) is 20.5. The molecule has 1 aliphatic heterocycles. The molecule has 0 saturated carbocycles. The van der Waals surface area contributed by atoms with Gasteiger partial charge in [0, 0.05) is 38.9 Å². The molecule has 0 N–H and O–H groups in total. The molecule has 0 fully saturated rings. The zero-order valence-corrected chi connectivity index (χ0v) is 24.8. The molecule has 2 amide bonds. The largest absolute Gasteiger partial charge is 0.497 e. The summed E-state index contributed by atoms with van der Waals surface area (Å²) in [5, 5.41) is 13.1. The van der Waals surface area contributed by atoms with E-state index in [9.17, 15) is 9.59 Å². The number of imide groups is 1. The average molecular weight is 611 g/mol. The van der Waals surface area contributed by atoms with Crippen LogP contribution in [0.25, 0.3) is 37.2 Å². The summed E-state index contributed by atoms with van der Waals surface area (Å²) in [5.41, 5.74) is 2.01. The van der Waals surface area contributed by atoms with Crippen molar-refractivity contribution in [3.8, 4) is 22.1 Å². The molecule has 0 aliphatic carbocycles. The minimum absolute atomic E-state index is 0.252. The van der Waals surface area contributed by atoms with Crippen LogP contribution in [0.15, 0.2) is 90.1 Å². The highest BCUT2D eigenvalue weighted by molar-refractivity contribution is 7.99. The van der Waals surface area contributed by atoms with Crippen LogP contribution in [0.5, 0.6) is 5.75 Å². The number of hydrogen-bond donors (Lipinski definition) is 0. The van der Waals surface area contributed by atoms with E-state index in [2.05, 4.69) is 10.2 Å². The zero-order chi connectivity index (χ0) is 28.8. The van der Waals surface area contributed by atoms with E-state index >= 15 is 0 Å². The van der Waals surface area contributed by atoms with E-state index in [0.29, 0.717) is 45.8 Å². The minimum Gasteiger partial charge on any atom is -0.497 e. The first kappa shape index (κ1) is 26.7. The Labute approximate surface area is 254 Å². The molecule has 0 bridgehead atoms. The molecular formula is C32H23ClN4O3S2. The lowest BCUT2D eigenvalue weighted by Gasteiger charge is -2.27. The lowest BCUT2D eigenvalue weighted by atomic mass is 9.94. The molecule has 0 radical (unpaired) electrons. The van der Waals surface area contributed by atoms with Crippen molar-refractivity contribution < 1.29 is 14.3 Å². The summed E-state index contributed by atoms with van der Waals surface area (Å²) < 4.78 is 8.43. The average Bonchev–Trinajstić information content (AvgIpc) is 3.60. The molecule has 7 nitrogen and oxygen atoms in total. The number of benzene rings is 4. The van der Waals surface area contributed by atoms with Gasteiger partial charge in [-0.3, -0.25) is 19.1 Å². The Morgan fingerprint density at radius 3 is 2.29 bits per heavy atom. The molecule has 3 heterocycles. The number of amides is 2. The van der Waals surface area contributed by atoms with Gasteiger partial charge in [-0.15, -0.1) is 21.5 Å². The molecule has 42 heavy (non-hydrogen) atoms. The maximum atomic E-state index is 13.3. The van der Waals surface area contributed by atoms with Crippen molar-refractivity contribution in [3.05, 3.63) is 101 Å². The van der Waals surface area contributed by atoms with Gasteiger partial charge in [0.25, 0.3) is 11.8 Å². The first-order valence-corrected chi connectivity index (χ1v) is 15.5. The van der Waals surface area contributed by atoms with E-state index in [1.165, 1.54) is 16.7 Å². The second-order valence-corrected chi connectivity index (χ2v) is 12.2. The Balaban J connectivity index is 1.15. The van der Waals surface area contributed by atoms with Crippen molar-refractivity contribution in [1.82, 2.24) is 19.7 Å². The fourth-order valence-electron chi connectivity index (χ4n) is 5.30. The minimum atomic E-state index is -0.252.